The molecule has 6 nitrogen and oxygen atoms in total. The maximum absolute atomic E-state index is 9.20. The molecule has 0 radical (unpaired) electrons. The third kappa shape index (κ3) is 4.46. The van der Waals surface area contributed by atoms with Gasteiger partial charge in [0.05, 0.1) is 11.6 Å². The molecule has 1 aromatic heterocycles. The normalized spacial score (nSPS) is 10.8. The Morgan fingerprint density at radius 1 is 1.21 bits per heavy atom. The number of hydrogen-bond acceptors (Lipinski definition) is 6. The molecule has 3 aromatic rings. The number of benzene rings is 2. The molecule has 0 spiro atoms. The van der Waals surface area contributed by atoms with Crippen molar-refractivity contribution in [1.82, 2.24) is 14.9 Å². The van der Waals surface area contributed by atoms with Crippen molar-refractivity contribution in [1.29, 1.82) is 5.26 Å². The standard InChI is InChI=1S/C21H23N5OS/c1-14(2)18-9-8-15(3)10-19(18)27-12-20-24-25-21(26(20)23)28-13-17-7-5-4-6-16(17)11-22/h4-10,14H,12-13,23H2,1-3H3. The molecule has 0 aliphatic carbocycles. The van der Waals surface area contributed by atoms with Crippen molar-refractivity contribution in [3.05, 3.63) is 70.5 Å². The van der Waals surface area contributed by atoms with E-state index in [0.29, 0.717) is 28.2 Å². The van der Waals surface area contributed by atoms with Crippen LogP contribution in [0.25, 0.3) is 0 Å². The van der Waals surface area contributed by atoms with Crippen LogP contribution in [-0.2, 0) is 12.4 Å². The summed E-state index contributed by atoms with van der Waals surface area (Å²) in [5, 5.41) is 18.1. The molecule has 0 aliphatic heterocycles. The first-order chi connectivity index (χ1) is 13.5. The summed E-state index contributed by atoms with van der Waals surface area (Å²) in [7, 11) is 0. The van der Waals surface area contributed by atoms with Crippen LogP contribution in [-0.4, -0.2) is 14.9 Å². The number of hydrogen-bond donors (Lipinski definition) is 1. The van der Waals surface area contributed by atoms with Crippen LogP contribution in [0.1, 0.15) is 47.8 Å². The first kappa shape index (κ1) is 19.8. The number of nitrogens with zero attached hydrogens (tertiary/aromatic N) is 4. The molecule has 0 saturated carbocycles. The lowest BCUT2D eigenvalue weighted by atomic mass is 10.0. The average molecular weight is 394 g/mol. The second-order valence-electron chi connectivity index (χ2n) is 6.81. The van der Waals surface area contributed by atoms with Gasteiger partial charge >= 0.3 is 0 Å². The third-order valence-corrected chi connectivity index (χ3v) is 5.37. The highest BCUT2D eigenvalue weighted by atomic mass is 32.2. The molecule has 7 heteroatoms. The van der Waals surface area contributed by atoms with E-state index < -0.39 is 0 Å². The fraction of sp³-hybridized carbons (Fsp3) is 0.286. The maximum atomic E-state index is 9.20. The predicted octanol–water partition coefficient (Wildman–Crippen LogP) is 4.17. The summed E-state index contributed by atoms with van der Waals surface area (Å²) in [6.07, 6.45) is 0. The first-order valence-electron chi connectivity index (χ1n) is 9.03. The number of nitrogen functional groups attached to an aromatic ring is 1. The molecule has 0 unspecified atom stereocenters. The molecular weight excluding hydrogens is 370 g/mol. The van der Waals surface area contributed by atoms with Crippen molar-refractivity contribution in [3.63, 3.8) is 0 Å². The molecule has 28 heavy (non-hydrogen) atoms. The van der Waals surface area contributed by atoms with E-state index in [1.165, 1.54) is 16.4 Å². The number of nitriles is 1. The van der Waals surface area contributed by atoms with Crippen LogP contribution in [0.4, 0.5) is 0 Å². The topological polar surface area (TPSA) is 89.8 Å². The molecule has 1 heterocycles. The summed E-state index contributed by atoms with van der Waals surface area (Å²) in [6, 6.07) is 15.9. The molecule has 0 aliphatic rings. The number of aryl methyl sites for hydroxylation is 1. The molecule has 0 fully saturated rings. The van der Waals surface area contributed by atoms with E-state index in [1.54, 1.807) is 6.07 Å². The molecule has 2 N–H and O–H groups in total. The van der Waals surface area contributed by atoms with Gasteiger partial charge < -0.3 is 10.6 Å². The highest BCUT2D eigenvalue weighted by Gasteiger charge is 2.14. The molecule has 0 bridgehead atoms. The van der Waals surface area contributed by atoms with Gasteiger partial charge in [0, 0.05) is 5.75 Å². The van der Waals surface area contributed by atoms with Crippen LogP contribution in [0, 0.1) is 18.3 Å². The molecule has 144 valence electrons. The first-order valence-corrected chi connectivity index (χ1v) is 10.0. The summed E-state index contributed by atoms with van der Waals surface area (Å²) in [4.78, 5) is 0. The van der Waals surface area contributed by atoms with Crippen molar-refractivity contribution in [2.75, 3.05) is 5.84 Å². The minimum atomic E-state index is 0.238. The lowest BCUT2D eigenvalue weighted by Gasteiger charge is -2.14. The minimum absolute atomic E-state index is 0.238. The Morgan fingerprint density at radius 3 is 2.75 bits per heavy atom. The molecule has 0 amide bonds. The number of aromatic nitrogens is 3. The molecule has 0 atom stereocenters. The molecule has 3 rings (SSSR count). The second-order valence-corrected chi connectivity index (χ2v) is 7.75. The van der Waals surface area contributed by atoms with Crippen molar-refractivity contribution in [3.8, 4) is 11.8 Å². The average Bonchev–Trinajstić information content (AvgIpc) is 3.04. The zero-order valence-corrected chi connectivity index (χ0v) is 17.0. The van der Waals surface area contributed by atoms with E-state index >= 15 is 0 Å². The highest BCUT2D eigenvalue weighted by Crippen LogP contribution is 2.28. The Labute approximate surface area is 169 Å². The van der Waals surface area contributed by atoms with Crippen LogP contribution in [0.15, 0.2) is 47.6 Å². The number of thioether (sulfide) groups is 1. The van der Waals surface area contributed by atoms with E-state index in [9.17, 15) is 5.26 Å². The third-order valence-electron chi connectivity index (χ3n) is 4.38. The summed E-state index contributed by atoms with van der Waals surface area (Å²) in [5.41, 5.74) is 3.89. The van der Waals surface area contributed by atoms with Gasteiger partial charge in [-0.25, -0.2) is 4.68 Å². The van der Waals surface area contributed by atoms with Gasteiger partial charge in [0.25, 0.3) is 0 Å². The SMILES string of the molecule is Cc1ccc(C(C)C)c(OCc2nnc(SCc3ccccc3C#N)n2N)c1. The van der Waals surface area contributed by atoms with Crippen molar-refractivity contribution < 1.29 is 4.74 Å². The van der Waals surface area contributed by atoms with Crippen LogP contribution in [0.3, 0.4) is 0 Å². The van der Waals surface area contributed by atoms with Gasteiger partial charge in [0.15, 0.2) is 5.82 Å². The van der Waals surface area contributed by atoms with E-state index in [4.69, 9.17) is 10.6 Å². The Balaban J connectivity index is 1.69. The largest absolute Gasteiger partial charge is 0.485 e. The van der Waals surface area contributed by atoms with Gasteiger partial charge in [-0.3, -0.25) is 0 Å². The quantitative estimate of drug-likeness (QED) is 0.479. The Morgan fingerprint density at radius 2 is 2.00 bits per heavy atom. The van der Waals surface area contributed by atoms with Gasteiger partial charge in [-0.1, -0.05) is 55.9 Å². The number of rotatable bonds is 7. The summed E-state index contributed by atoms with van der Waals surface area (Å²) in [6.45, 7) is 6.55. The van der Waals surface area contributed by atoms with E-state index in [0.717, 1.165) is 22.4 Å². The van der Waals surface area contributed by atoms with Crippen molar-refractivity contribution in [2.24, 2.45) is 0 Å². The van der Waals surface area contributed by atoms with Crippen LogP contribution >= 0.6 is 11.8 Å². The van der Waals surface area contributed by atoms with E-state index in [-0.39, 0.29) is 6.61 Å². The minimum Gasteiger partial charge on any atom is -0.485 e. The predicted molar refractivity (Wildman–Crippen MR) is 110 cm³/mol. The van der Waals surface area contributed by atoms with E-state index in [1.807, 2.05) is 31.2 Å². The Bertz CT molecular complexity index is 1010. The van der Waals surface area contributed by atoms with Crippen LogP contribution < -0.4 is 10.6 Å². The zero-order chi connectivity index (χ0) is 20.1. The maximum Gasteiger partial charge on any atom is 0.210 e. The lowest BCUT2D eigenvalue weighted by molar-refractivity contribution is 0.287. The summed E-state index contributed by atoms with van der Waals surface area (Å²) < 4.78 is 7.45. The highest BCUT2D eigenvalue weighted by molar-refractivity contribution is 7.98. The molecular formula is C21H23N5OS. The summed E-state index contributed by atoms with van der Waals surface area (Å²) >= 11 is 1.44. The van der Waals surface area contributed by atoms with Crippen LogP contribution in [0.5, 0.6) is 5.75 Å². The van der Waals surface area contributed by atoms with Crippen molar-refractivity contribution in [2.45, 2.75) is 44.2 Å². The summed E-state index contributed by atoms with van der Waals surface area (Å²) in [5.74, 6) is 8.50. The fourth-order valence-corrected chi connectivity index (χ4v) is 3.67. The lowest BCUT2D eigenvalue weighted by Crippen LogP contribution is -2.16. The number of ether oxygens (including phenoxy) is 1. The molecule has 2 aromatic carbocycles. The van der Waals surface area contributed by atoms with E-state index in [2.05, 4.69) is 42.2 Å². The zero-order valence-electron chi connectivity index (χ0n) is 16.2. The van der Waals surface area contributed by atoms with Gasteiger partial charge in [0.1, 0.15) is 12.4 Å². The van der Waals surface area contributed by atoms with Gasteiger partial charge in [-0.2, -0.15) is 5.26 Å². The Hall–Kier alpha value is -2.98. The van der Waals surface area contributed by atoms with Gasteiger partial charge in [0.2, 0.25) is 5.16 Å². The molecule has 0 saturated heterocycles. The monoisotopic (exact) mass is 393 g/mol. The fourth-order valence-electron chi connectivity index (χ4n) is 2.79. The van der Waals surface area contributed by atoms with Crippen LogP contribution in [0.2, 0.25) is 0 Å². The number of nitrogens with two attached hydrogens (primary N) is 1. The second kappa shape index (κ2) is 8.81. The van der Waals surface area contributed by atoms with Crippen molar-refractivity contribution >= 4 is 11.8 Å². The van der Waals surface area contributed by atoms with Gasteiger partial charge in [-0.05, 0) is 41.7 Å². The smallest absolute Gasteiger partial charge is 0.210 e. The Kier molecular flexibility index (Phi) is 6.22. The van der Waals surface area contributed by atoms with Gasteiger partial charge in [-0.15, -0.1) is 10.2 Å².